The summed E-state index contributed by atoms with van der Waals surface area (Å²) >= 11 is 1.16. The van der Waals surface area contributed by atoms with E-state index in [-0.39, 0.29) is 18.8 Å². The number of hydrogen-bond acceptors (Lipinski definition) is 8. The number of rotatable bonds is 6. The van der Waals surface area contributed by atoms with Crippen LogP contribution < -0.4 is 11.4 Å². The van der Waals surface area contributed by atoms with Crippen LogP contribution >= 0.6 is 11.8 Å². The summed E-state index contributed by atoms with van der Waals surface area (Å²) in [5.74, 6) is -0.313. The number of ether oxygens (including phenoxy) is 1. The minimum Gasteiger partial charge on any atom is -0.464 e. The van der Waals surface area contributed by atoms with Crippen molar-refractivity contribution in [1.82, 2.24) is 14.5 Å². The molecule has 1 saturated heterocycles. The molecule has 2 aromatic heterocycles. The first-order chi connectivity index (χ1) is 14.4. The van der Waals surface area contributed by atoms with Gasteiger partial charge in [-0.3, -0.25) is 9.36 Å². The fourth-order valence-corrected chi connectivity index (χ4v) is 4.98. The van der Waals surface area contributed by atoms with Gasteiger partial charge in [-0.2, -0.15) is 4.98 Å². The first-order valence-electron chi connectivity index (χ1n) is 9.51. The Hall–Kier alpha value is -2.82. The Balaban J connectivity index is 1.33. The number of aromatic nitrogens is 3. The van der Waals surface area contributed by atoms with Crippen LogP contribution in [0, 0.1) is 0 Å². The number of thioether (sulfide) groups is 1. The molecular formula is C20H22N4O5S. The molecule has 4 atom stereocenters. The number of carbonyl (C=O) groups is 1. The van der Waals surface area contributed by atoms with Crippen LogP contribution in [-0.4, -0.2) is 54.8 Å². The maximum atomic E-state index is 12.2. The van der Waals surface area contributed by atoms with Gasteiger partial charge in [0.05, 0.1) is 11.4 Å². The highest BCUT2D eigenvalue weighted by molar-refractivity contribution is 8.00. The predicted octanol–water partition coefficient (Wildman–Crippen LogP) is 0.819. The summed E-state index contributed by atoms with van der Waals surface area (Å²) in [7, 11) is 0. The molecule has 1 aliphatic heterocycles. The van der Waals surface area contributed by atoms with Crippen molar-refractivity contribution in [2.45, 2.75) is 35.7 Å². The molecule has 1 aromatic carbocycles. The van der Waals surface area contributed by atoms with Gasteiger partial charge in [-0.25, -0.2) is 4.79 Å². The standard InChI is InChI=1S/C20H22N4O5S/c21-15-7-8-24(20(28)23-15)19-18(27)17(26)14(30-19)10-29-16(25)6-5-11-9-22-13-4-2-1-3-12(11)13/h1-4,7-9,14,17-19,22,26-27H,5-6,10H2,(H2,21,23,28). The van der Waals surface area contributed by atoms with Gasteiger partial charge in [0.1, 0.15) is 23.9 Å². The van der Waals surface area contributed by atoms with Crippen molar-refractivity contribution in [2.24, 2.45) is 0 Å². The van der Waals surface area contributed by atoms with E-state index in [1.165, 1.54) is 16.8 Å². The van der Waals surface area contributed by atoms with Crippen molar-refractivity contribution in [3.63, 3.8) is 0 Å². The van der Waals surface area contributed by atoms with Crippen molar-refractivity contribution < 1.29 is 19.7 Å². The second kappa shape index (κ2) is 8.50. The highest BCUT2D eigenvalue weighted by Gasteiger charge is 2.44. The third-order valence-electron chi connectivity index (χ3n) is 5.14. The molecule has 5 N–H and O–H groups in total. The maximum Gasteiger partial charge on any atom is 0.350 e. The van der Waals surface area contributed by atoms with Crippen molar-refractivity contribution in [1.29, 1.82) is 0 Å². The number of nitrogens with zero attached hydrogens (tertiary/aromatic N) is 2. The van der Waals surface area contributed by atoms with Crippen molar-refractivity contribution >= 4 is 34.5 Å². The summed E-state index contributed by atoms with van der Waals surface area (Å²) in [6.45, 7) is -0.0662. The number of aryl methyl sites for hydroxylation is 1. The number of fused-ring (bicyclic) bond motifs is 1. The molecule has 0 spiro atoms. The molecule has 30 heavy (non-hydrogen) atoms. The topological polar surface area (TPSA) is 143 Å². The van der Waals surface area contributed by atoms with Crippen LogP contribution in [-0.2, 0) is 16.0 Å². The molecule has 1 aliphatic rings. The lowest BCUT2D eigenvalue weighted by Crippen LogP contribution is -2.36. The number of para-hydroxylation sites is 1. The van der Waals surface area contributed by atoms with Gasteiger partial charge >= 0.3 is 11.7 Å². The second-order valence-corrected chi connectivity index (χ2v) is 8.49. The third-order valence-corrected chi connectivity index (χ3v) is 6.69. The average molecular weight is 430 g/mol. The molecule has 10 heteroatoms. The fourth-order valence-electron chi connectivity index (χ4n) is 3.54. The zero-order valence-corrected chi connectivity index (χ0v) is 16.8. The van der Waals surface area contributed by atoms with Crippen LogP contribution in [0.2, 0.25) is 0 Å². The molecule has 3 aromatic rings. The monoisotopic (exact) mass is 430 g/mol. The SMILES string of the molecule is Nc1ccn(C2SC(COC(=O)CCc3c[nH]c4ccccc34)C(O)C2O)c(=O)n1. The van der Waals surface area contributed by atoms with Gasteiger partial charge in [0.2, 0.25) is 0 Å². The van der Waals surface area contributed by atoms with Crippen LogP contribution in [0.5, 0.6) is 0 Å². The van der Waals surface area contributed by atoms with Gasteiger partial charge in [0, 0.05) is 29.7 Å². The third kappa shape index (κ3) is 4.07. The number of carbonyl (C=O) groups excluding carboxylic acids is 1. The van der Waals surface area contributed by atoms with E-state index in [2.05, 4.69) is 9.97 Å². The van der Waals surface area contributed by atoms with Gasteiger partial charge in [0.25, 0.3) is 0 Å². The lowest BCUT2D eigenvalue weighted by molar-refractivity contribution is -0.144. The molecular weight excluding hydrogens is 408 g/mol. The number of nitrogen functional groups attached to an aromatic ring is 1. The molecule has 0 radical (unpaired) electrons. The smallest absolute Gasteiger partial charge is 0.350 e. The Kier molecular flexibility index (Phi) is 5.80. The summed E-state index contributed by atoms with van der Waals surface area (Å²) in [5.41, 5.74) is 6.92. The van der Waals surface area contributed by atoms with Crippen molar-refractivity contribution in [2.75, 3.05) is 12.3 Å². The minimum absolute atomic E-state index is 0.0662. The highest BCUT2D eigenvalue weighted by atomic mass is 32.2. The van der Waals surface area contributed by atoms with E-state index in [9.17, 15) is 19.8 Å². The number of nitrogens with two attached hydrogens (primary N) is 1. The number of anilines is 1. The van der Waals surface area contributed by atoms with E-state index >= 15 is 0 Å². The van der Waals surface area contributed by atoms with Crippen LogP contribution in [0.1, 0.15) is 17.4 Å². The van der Waals surface area contributed by atoms with E-state index in [0.717, 1.165) is 28.2 Å². The number of benzene rings is 1. The number of aliphatic hydroxyl groups excluding tert-OH is 2. The number of hydrogen-bond donors (Lipinski definition) is 4. The predicted molar refractivity (Wildman–Crippen MR) is 113 cm³/mol. The molecule has 0 amide bonds. The number of H-pyrrole nitrogens is 1. The molecule has 0 bridgehead atoms. The first kappa shape index (κ1) is 20.5. The lowest BCUT2D eigenvalue weighted by atomic mass is 10.1. The molecule has 1 fully saturated rings. The fraction of sp³-hybridized carbons (Fsp3) is 0.350. The Morgan fingerprint density at radius 3 is 2.87 bits per heavy atom. The molecule has 0 saturated carbocycles. The molecule has 0 aliphatic carbocycles. The van der Waals surface area contributed by atoms with Crippen LogP contribution in [0.3, 0.4) is 0 Å². The zero-order valence-electron chi connectivity index (χ0n) is 16.0. The van der Waals surface area contributed by atoms with Gasteiger partial charge < -0.3 is 25.7 Å². The zero-order chi connectivity index (χ0) is 21.3. The Morgan fingerprint density at radius 2 is 2.07 bits per heavy atom. The van der Waals surface area contributed by atoms with Crippen LogP contribution in [0.15, 0.2) is 47.5 Å². The van der Waals surface area contributed by atoms with Gasteiger partial charge in [-0.1, -0.05) is 18.2 Å². The summed E-state index contributed by atoms with van der Waals surface area (Å²) in [6.07, 6.45) is 1.68. The summed E-state index contributed by atoms with van der Waals surface area (Å²) in [4.78, 5) is 31.0. The van der Waals surface area contributed by atoms with Crippen LogP contribution in [0.4, 0.5) is 5.82 Å². The van der Waals surface area contributed by atoms with E-state index in [1.807, 2.05) is 30.5 Å². The van der Waals surface area contributed by atoms with E-state index in [1.54, 1.807) is 0 Å². The Bertz CT molecular complexity index is 1110. The summed E-state index contributed by atoms with van der Waals surface area (Å²) in [6, 6.07) is 9.30. The average Bonchev–Trinajstić information content (AvgIpc) is 3.27. The lowest BCUT2D eigenvalue weighted by Gasteiger charge is -2.17. The largest absolute Gasteiger partial charge is 0.464 e. The molecule has 4 unspecified atom stereocenters. The van der Waals surface area contributed by atoms with Gasteiger partial charge in [-0.05, 0) is 24.1 Å². The van der Waals surface area contributed by atoms with Gasteiger partial charge in [-0.15, -0.1) is 11.8 Å². The molecule has 4 rings (SSSR count). The Morgan fingerprint density at radius 1 is 1.27 bits per heavy atom. The van der Waals surface area contributed by atoms with Gasteiger partial charge in [0.15, 0.2) is 0 Å². The molecule has 9 nitrogen and oxygen atoms in total. The number of aliphatic hydroxyl groups is 2. The summed E-state index contributed by atoms with van der Waals surface area (Å²) < 4.78 is 6.54. The number of esters is 1. The number of nitrogens with one attached hydrogen (secondary N) is 1. The Labute approximate surface area is 175 Å². The van der Waals surface area contributed by atoms with E-state index < -0.39 is 34.5 Å². The van der Waals surface area contributed by atoms with E-state index in [0.29, 0.717) is 6.42 Å². The van der Waals surface area contributed by atoms with Crippen LogP contribution in [0.25, 0.3) is 10.9 Å². The van der Waals surface area contributed by atoms with E-state index in [4.69, 9.17) is 10.5 Å². The van der Waals surface area contributed by atoms with Crippen molar-refractivity contribution in [3.8, 4) is 0 Å². The summed E-state index contributed by atoms with van der Waals surface area (Å²) in [5, 5.41) is 20.4. The first-order valence-corrected chi connectivity index (χ1v) is 10.4. The normalized spacial score (nSPS) is 23.7. The molecule has 3 heterocycles. The minimum atomic E-state index is -1.20. The quantitative estimate of drug-likeness (QED) is 0.421. The highest BCUT2D eigenvalue weighted by Crippen LogP contribution is 2.41. The maximum absolute atomic E-state index is 12.2. The second-order valence-electron chi connectivity index (χ2n) is 7.13. The molecule has 158 valence electrons. The number of aromatic amines is 1. The van der Waals surface area contributed by atoms with Crippen molar-refractivity contribution in [3.05, 3.63) is 58.8 Å².